The Labute approximate surface area is 118 Å². The zero-order chi connectivity index (χ0) is 13.8. The maximum absolute atomic E-state index is 5.97. The topological polar surface area (TPSA) is 113 Å². The molecule has 0 unspecified atom stereocenters. The van der Waals surface area contributed by atoms with Gasteiger partial charge in [-0.15, -0.1) is 0 Å². The summed E-state index contributed by atoms with van der Waals surface area (Å²) < 4.78 is 4.39. The van der Waals surface area contributed by atoms with Crippen LogP contribution in [-0.4, -0.2) is 16.1 Å². The summed E-state index contributed by atoms with van der Waals surface area (Å²) in [5, 5.41) is 11.4. The van der Waals surface area contributed by atoms with E-state index in [4.69, 9.17) is 39.5 Å². The van der Waals surface area contributed by atoms with Crippen molar-refractivity contribution in [3.05, 3.63) is 39.5 Å². The SMILES string of the molecule is N/C(=N\OCc1c(Cl)cccc1Cl)c1nonc1N. The van der Waals surface area contributed by atoms with Gasteiger partial charge in [0.1, 0.15) is 6.61 Å². The van der Waals surface area contributed by atoms with Gasteiger partial charge in [0.25, 0.3) is 0 Å². The highest BCUT2D eigenvalue weighted by Crippen LogP contribution is 2.24. The van der Waals surface area contributed by atoms with E-state index in [2.05, 4.69) is 20.1 Å². The summed E-state index contributed by atoms with van der Waals surface area (Å²) in [7, 11) is 0. The van der Waals surface area contributed by atoms with Crippen molar-refractivity contribution in [2.24, 2.45) is 10.9 Å². The lowest BCUT2D eigenvalue weighted by molar-refractivity contribution is 0.130. The van der Waals surface area contributed by atoms with Gasteiger partial charge < -0.3 is 16.3 Å². The second-order valence-electron chi connectivity index (χ2n) is 3.45. The number of rotatable bonds is 4. The number of nitrogen functional groups attached to an aromatic ring is 1. The summed E-state index contributed by atoms with van der Waals surface area (Å²) in [6, 6.07) is 5.12. The average molecular weight is 302 g/mol. The fourth-order valence-electron chi connectivity index (χ4n) is 1.25. The van der Waals surface area contributed by atoms with Crippen LogP contribution in [0.15, 0.2) is 28.0 Å². The van der Waals surface area contributed by atoms with Gasteiger partial charge in [-0.1, -0.05) is 34.4 Å². The Kier molecular flexibility index (Phi) is 4.08. The molecule has 2 rings (SSSR count). The maximum Gasteiger partial charge on any atom is 0.199 e. The third-order valence-corrected chi connectivity index (χ3v) is 2.90. The zero-order valence-electron chi connectivity index (χ0n) is 9.51. The van der Waals surface area contributed by atoms with Crippen LogP contribution < -0.4 is 11.5 Å². The van der Waals surface area contributed by atoms with E-state index in [0.29, 0.717) is 15.6 Å². The molecule has 9 heteroatoms. The van der Waals surface area contributed by atoms with Crippen molar-refractivity contribution in [2.45, 2.75) is 6.61 Å². The summed E-state index contributed by atoms with van der Waals surface area (Å²) >= 11 is 11.9. The van der Waals surface area contributed by atoms with Crippen LogP contribution in [-0.2, 0) is 11.4 Å². The van der Waals surface area contributed by atoms with Crippen LogP contribution >= 0.6 is 23.2 Å². The predicted molar refractivity (Wildman–Crippen MR) is 70.7 cm³/mol. The molecule has 0 spiro atoms. The van der Waals surface area contributed by atoms with Crippen molar-refractivity contribution >= 4 is 34.9 Å². The minimum atomic E-state index is -0.0538. The Morgan fingerprint density at radius 3 is 2.58 bits per heavy atom. The normalized spacial score (nSPS) is 11.6. The third kappa shape index (κ3) is 3.07. The van der Waals surface area contributed by atoms with E-state index < -0.39 is 0 Å². The monoisotopic (exact) mass is 301 g/mol. The third-order valence-electron chi connectivity index (χ3n) is 2.19. The van der Waals surface area contributed by atoms with E-state index in [1.54, 1.807) is 18.2 Å². The van der Waals surface area contributed by atoms with Crippen molar-refractivity contribution < 1.29 is 9.47 Å². The molecule has 1 heterocycles. The van der Waals surface area contributed by atoms with Crippen molar-refractivity contribution in [3.8, 4) is 0 Å². The number of halogens is 2. The molecule has 0 radical (unpaired) electrons. The summed E-state index contributed by atoms with van der Waals surface area (Å²) in [6.07, 6.45) is 0. The molecule has 4 N–H and O–H groups in total. The van der Waals surface area contributed by atoms with E-state index in [1.165, 1.54) is 0 Å². The molecule has 1 aromatic carbocycles. The van der Waals surface area contributed by atoms with Gasteiger partial charge in [-0.25, -0.2) is 4.63 Å². The van der Waals surface area contributed by atoms with Crippen LogP contribution in [0.5, 0.6) is 0 Å². The average Bonchev–Trinajstić information content (AvgIpc) is 2.79. The molecule has 0 saturated heterocycles. The summed E-state index contributed by atoms with van der Waals surface area (Å²) in [5.74, 6) is -0.0254. The molecule has 0 saturated carbocycles. The first-order valence-corrected chi connectivity index (χ1v) is 5.82. The van der Waals surface area contributed by atoms with E-state index in [0.717, 1.165) is 0 Å². The largest absolute Gasteiger partial charge is 0.389 e. The van der Waals surface area contributed by atoms with Crippen LogP contribution in [0.1, 0.15) is 11.3 Å². The molecule has 0 fully saturated rings. The summed E-state index contributed by atoms with van der Waals surface area (Å²) in [6.45, 7) is 0.0599. The highest BCUT2D eigenvalue weighted by molar-refractivity contribution is 6.35. The summed E-state index contributed by atoms with van der Waals surface area (Å²) in [5.41, 5.74) is 11.8. The smallest absolute Gasteiger partial charge is 0.199 e. The standard InChI is InChI=1S/C10H9Cl2N5O2/c11-6-2-1-3-7(12)5(6)4-18-16-9(13)8-10(14)17-19-15-8/h1-3H,4H2,(H2,13,16)(H2,14,17). The molecule has 0 bridgehead atoms. The van der Waals surface area contributed by atoms with E-state index in [-0.39, 0.29) is 24.0 Å². The second kappa shape index (κ2) is 5.77. The molecular weight excluding hydrogens is 293 g/mol. The quantitative estimate of drug-likeness (QED) is 0.506. The van der Waals surface area contributed by atoms with Gasteiger partial charge >= 0.3 is 0 Å². The second-order valence-corrected chi connectivity index (χ2v) is 4.26. The van der Waals surface area contributed by atoms with Crippen molar-refractivity contribution in [1.82, 2.24) is 10.3 Å². The highest BCUT2D eigenvalue weighted by Gasteiger charge is 2.11. The lowest BCUT2D eigenvalue weighted by atomic mass is 10.2. The molecule has 0 aliphatic rings. The molecule has 1 aromatic heterocycles. The summed E-state index contributed by atoms with van der Waals surface area (Å²) in [4.78, 5) is 5.05. The first kappa shape index (κ1) is 13.4. The Bertz CT molecular complexity index is 593. The van der Waals surface area contributed by atoms with Crippen molar-refractivity contribution in [2.75, 3.05) is 5.73 Å². The van der Waals surface area contributed by atoms with E-state index >= 15 is 0 Å². The van der Waals surface area contributed by atoms with Gasteiger partial charge in [0.05, 0.1) is 0 Å². The molecule has 7 nitrogen and oxygen atoms in total. The fourth-order valence-corrected chi connectivity index (χ4v) is 1.76. The zero-order valence-corrected chi connectivity index (χ0v) is 11.0. The number of aromatic nitrogens is 2. The van der Waals surface area contributed by atoms with Gasteiger partial charge in [0.2, 0.25) is 0 Å². The van der Waals surface area contributed by atoms with Gasteiger partial charge in [-0.2, -0.15) is 0 Å². The Hall–Kier alpha value is -1.99. The van der Waals surface area contributed by atoms with Gasteiger partial charge in [0, 0.05) is 15.6 Å². The number of oxime groups is 1. The number of nitrogens with two attached hydrogens (primary N) is 2. The first-order chi connectivity index (χ1) is 9.09. The van der Waals surface area contributed by atoms with Gasteiger partial charge in [-0.3, -0.25) is 0 Å². The Balaban J connectivity index is 2.06. The van der Waals surface area contributed by atoms with Crippen LogP contribution in [0.25, 0.3) is 0 Å². The van der Waals surface area contributed by atoms with E-state index in [9.17, 15) is 0 Å². The molecule has 0 aliphatic carbocycles. The lowest BCUT2D eigenvalue weighted by Gasteiger charge is -2.05. The van der Waals surface area contributed by atoms with Crippen LogP contribution in [0, 0.1) is 0 Å². The number of hydrogen-bond acceptors (Lipinski definition) is 6. The van der Waals surface area contributed by atoms with E-state index in [1.807, 2.05) is 0 Å². The molecular formula is C10H9Cl2N5O2. The minimum absolute atomic E-state index is 0.0284. The van der Waals surface area contributed by atoms with Crippen molar-refractivity contribution in [1.29, 1.82) is 0 Å². The van der Waals surface area contributed by atoms with Gasteiger partial charge in [0.15, 0.2) is 17.3 Å². The highest BCUT2D eigenvalue weighted by atomic mass is 35.5. The molecule has 0 aliphatic heterocycles. The molecule has 19 heavy (non-hydrogen) atoms. The van der Waals surface area contributed by atoms with Crippen LogP contribution in [0.2, 0.25) is 10.0 Å². The number of hydrogen-bond donors (Lipinski definition) is 2. The van der Waals surface area contributed by atoms with Crippen LogP contribution in [0.3, 0.4) is 0 Å². The Morgan fingerprint density at radius 1 is 1.32 bits per heavy atom. The molecule has 100 valence electrons. The molecule has 0 amide bonds. The van der Waals surface area contributed by atoms with Crippen LogP contribution in [0.4, 0.5) is 5.82 Å². The molecule has 2 aromatic rings. The van der Waals surface area contributed by atoms with Gasteiger partial charge in [-0.05, 0) is 22.4 Å². The fraction of sp³-hybridized carbons (Fsp3) is 0.100. The number of amidine groups is 1. The predicted octanol–water partition coefficient (Wildman–Crippen LogP) is 1.80. The molecule has 0 atom stereocenters. The number of anilines is 1. The lowest BCUT2D eigenvalue weighted by Crippen LogP contribution is -2.16. The maximum atomic E-state index is 5.97. The number of benzene rings is 1. The first-order valence-electron chi connectivity index (χ1n) is 5.06. The number of nitrogens with zero attached hydrogens (tertiary/aromatic N) is 3. The Morgan fingerprint density at radius 2 is 2.00 bits per heavy atom. The van der Waals surface area contributed by atoms with Crippen molar-refractivity contribution in [3.63, 3.8) is 0 Å². The minimum Gasteiger partial charge on any atom is -0.389 e.